The van der Waals surface area contributed by atoms with Crippen LogP contribution in [0.5, 0.6) is 5.75 Å². The molecule has 1 fully saturated rings. The van der Waals surface area contributed by atoms with E-state index in [9.17, 15) is 0 Å². The molecule has 0 unspecified atom stereocenters. The third-order valence-corrected chi connectivity index (χ3v) is 3.62. The second-order valence-electron chi connectivity index (χ2n) is 7.04. The monoisotopic (exact) mass is 331 g/mol. The van der Waals surface area contributed by atoms with Gasteiger partial charge in [0.2, 0.25) is 0 Å². The first-order chi connectivity index (χ1) is 11.5. The Hall–Kier alpha value is -1.57. The average molecular weight is 331 g/mol. The van der Waals surface area contributed by atoms with Crippen LogP contribution < -0.4 is 4.74 Å². The van der Waals surface area contributed by atoms with E-state index in [4.69, 9.17) is 14.2 Å². The number of nitrogens with zero attached hydrogens (tertiary/aromatic N) is 1. The minimum absolute atomic E-state index is 0.0832. The van der Waals surface area contributed by atoms with Gasteiger partial charge in [0.25, 0.3) is 0 Å². The number of rotatable bonds is 7. The van der Waals surface area contributed by atoms with Crippen LogP contribution in [-0.4, -0.2) is 36.0 Å². The standard InChI is InChI=1S/C20H29NO3/c1-5-22-12-8-6-7-9-16-10-11-17(15-21-16)23-18-13-19(14-18)24-20(2,3)4/h10-11,15,18-19H,5-6,8,12-14H2,1-4H3/t18-,19-. The van der Waals surface area contributed by atoms with E-state index in [0.717, 1.165) is 50.3 Å². The third kappa shape index (κ3) is 6.90. The molecule has 1 saturated carbocycles. The molecule has 2 rings (SSSR count). The van der Waals surface area contributed by atoms with Crippen LogP contribution >= 0.6 is 0 Å². The minimum Gasteiger partial charge on any atom is -0.489 e. The number of unbranched alkanes of at least 4 members (excludes halogenated alkanes) is 1. The van der Waals surface area contributed by atoms with E-state index < -0.39 is 0 Å². The summed E-state index contributed by atoms with van der Waals surface area (Å²) >= 11 is 0. The first kappa shape index (κ1) is 18.8. The fraction of sp³-hybridized carbons (Fsp3) is 0.650. The minimum atomic E-state index is -0.0832. The zero-order valence-corrected chi connectivity index (χ0v) is 15.3. The molecule has 0 aromatic carbocycles. The Morgan fingerprint density at radius 2 is 2.00 bits per heavy atom. The second-order valence-corrected chi connectivity index (χ2v) is 7.04. The molecule has 0 atom stereocenters. The molecule has 1 aromatic rings. The highest BCUT2D eigenvalue weighted by Gasteiger charge is 2.34. The maximum absolute atomic E-state index is 5.92. The van der Waals surface area contributed by atoms with E-state index in [2.05, 4.69) is 37.6 Å². The van der Waals surface area contributed by atoms with Crippen molar-refractivity contribution in [2.45, 2.75) is 71.2 Å². The van der Waals surface area contributed by atoms with Gasteiger partial charge < -0.3 is 14.2 Å². The van der Waals surface area contributed by atoms with Crippen molar-refractivity contribution in [3.05, 3.63) is 24.0 Å². The lowest BCUT2D eigenvalue weighted by Gasteiger charge is -2.39. The van der Waals surface area contributed by atoms with Gasteiger partial charge in [-0.1, -0.05) is 5.92 Å². The second kappa shape index (κ2) is 9.05. The molecule has 1 aliphatic rings. The maximum Gasteiger partial charge on any atom is 0.138 e. The molecular formula is C20H29NO3. The highest BCUT2D eigenvalue weighted by atomic mass is 16.5. The van der Waals surface area contributed by atoms with Crippen LogP contribution in [0.2, 0.25) is 0 Å². The van der Waals surface area contributed by atoms with Crippen molar-refractivity contribution >= 4 is 0 Å². The van der Waals surface area contributed by atoms with Gasteiger partial charge in [0.15, 0.2) is 0 Å². The highest BCUT2D eigenvalue weighted by Crippen LogP contribution is 2.30. The molecule has 4 nitrogen and oxygen atoms in total. The van der Waals surface area contributed by atoms with Gasteiger partial charge in [-0.3, -0.25) is 0 Å². The quantitative estimate of drug-likeness (QED) is 0.560. The molecule has 24 heavy (non-hydrogen) atoms. The Balaban J connectivity index is 1.69. The molecular weight excluding hydrogens is 302 g/mol. The van der Waals surface area contributed by atoms with Gasteiger partial charge >= 0.3 is 0 Å². The number of pyridine rings is 1. The van der Waals surface area contributed by atoms with Crippen LogP contribution in [0, 0.1) is 11.8 Å². The Morgan fingerprint density at radius 3 is 2.62 bits per heavy atom. The molecule has 4 heteroatoms. The predicted molar refractivity (Wildman–Crippen MR) is 95.1 cm³/mol. The van der Waals surface area contributed by atoms with Gasteiger partial charge in [-0.05, 0) is 52.2 Å². The Labute approximate surface area is 145 Å². The molecule has 1 heterocycles. The molecule has 0 radical (unpaired) electrons. The Morgan fingerprint density at radius 1 is 1.21 bits per heavy atom. The smallest absolute Gasteiger partial charge is 0.138 e. The van der Waals surface area contributed by atoms with Gasteiger partial charge in [0, 0.05) is 32.5 Å². The summed E-state index contributed by atoms with van der Waals surface area (Å²) in [6.45, 7) is 9.79. The third-order valence-electron chi connectivity index (χ3n) is 3.62. The largest absolute Gasteiger partial charge is 0.489 e. The van der Waals surface area contributed by atoms with E-state index in [1.807, 2.05) is 19.1 Å². The van der Waals surface area contributed by atoms with E-state index in [0.29, 0.717) is 6.10 Å². The van der Waals surface area contributed by atoms with Crippen molar-refractivity contribution in [2.75, 3.05) is 13.2 Å². The van der Waals surface area contributed by atoms with E-state index in [1.165, 1.54) is 0 Å². The highest BCUT2D eigenvalue weighted by molar-refractivity contribution is 5.31. The molecule has 0 bridgehead atoms. The van der Waals surface area contributed by atoms with Gasteiger partial charge in [-0.15, -0.1) is 0 Å². The van der Waals surface area contributed by atoms with Gasteiger partial charge in [0.1, 0.15) is 17.5 Å². The van der Waals surface area contributed by atoms with Gasteiger partial charge in [0.05, 0.1) is 17.9 Å². The number of hydrogen-bond donors (Lipinski definition) is 0. The molecule has 0 saturated heterocycles. The van der Waals surface area contributed by atoms with Crippen LogP contribution in [0.15, 0.2) is 18.3 Å². The lowest BCUT2D eigenvalue weighted by atomic mass is 9.91. The fourth-order valence-electron chi connectivity index (χ4n) is 2.49. The van der Waals surface area contributed by atoms with Crippen molar-refractivity contribution in [1.29, 1.82) is 0 Å². The first-order valence-electron chi connectivity index (χ1n) is 8.83. The maximum atomic E-state index is 5.92. The molecule has 1 aromatic heterocycles. The Kier molecular flexibility index (Phi) is 7.08. The lowest BCUT2D eigenvalue weighted by Crippen LogP contribution is -2.43. The normalized spacial score (nSPS) is 20.0. The van der Waals surface area contributed by atoms with Crippen LogP contribution in [-0.2, 0) is 9.47 Å². The van der Waals surface area contributed by atoms with E-state index >= 15 is 0 Å². The summed E-state index contributed by atoms with van der Waals surface area (Å²) in [4.78, 5) is 4.34. The summed E-state index contributed by atoms with van der Waals surface area (Å²) in [5, 5.41) is 0. The van der Waals surface area contributed by atoms with E-state index in [1.54, 1.807) is 6.20 Å². The first-order valence-corrected chi connectivity index (χ1v) is 8.83. The van der Waals surface area contributed by atoms with Crippen molar-refractivity contribution in [2.24, 2.45) is 0 Å². The SMILES string of the molecule is CCOCCCC#Cc1ccc(O[C@H]2C[C@H](OC(C)(C)C)C2)cn1. The summed E-state index contributed by atoms with van der Waals surface area (Å²) in [7, 11) is 0. The van der Waals surface area contributed by atoms with Crippen molar-refractivity contribution in [3.63, 3.8) is 0 Å². The van der Waals surface area contributed by atoms with Crippen molar-refractivity contribution in [1.82, 2.24) is 4.98 Å². The van der Waals surface area contributed by atoms with Gasteiger partial charge in [-0.25, -0.2) is 4.98 Å². The predicted octanol–water partition coefficient (Wildman–Crippen LogP) is 3.97. The molecule has 0 aliphatic heterocycles. The lowest BCUT2D eigenvalue weighted by molar-refractivity contribution is -0.126. The summed E-state index contributed by atoms with van der Waals surface area (Å²) < 4.78 is 17.1. The summed E-state index contributed by atoms with van der Waals surface area (Å²) in [5.41, 5.74) is 0.696. The van der Waals surface area contributed by atoms with Crippen LogP contribution in [0.3, 0.4) is 0 Å². The van der Waals surface area contributed by atoms with Crippen LogP contribution in [0.1, 0.15) is 59.1 Å². The number of aromatic nitrogens is 1. The Bertz CT molecular complexity index is 545. The zero-order chi connectivity index (χ0) is 17.4. The summed E-state index contributed by atoms with van der Waals surface area (Å²) in [5.74, 6) is 6.99. The summed E-state index contributed by atoms with van der Waals surface area (Å²) in [6, 6.07) is 3.85. The van der Waals surface area contributed by atoms with Crippen LogP contribution in [0.4, 0.5) is 0 Å². The van der Waals surface area contributed by atoms with Crippen molar-refractivity contribution in [3.8, 4) is 17.6 Å². The average Bonchev–Trinajstić information content (AvgIpc) is 2.49. The molecule has 0 spiro atoms. The molecule has 132 valence electrons. The summed E-state index contributed by atoms with van der Waals surface area (Å²) in [6.07, 6.45) is 5.97. The van der Waals surface area contributed by atoms with E-state index in [-0.39, 0.29) is 11.7 Å². The van der Waals surface area contributed by atoms with Crippen LogP contribution in [0.25, 0.3) is 0 Å². The topological polar surface area (TPSA) is 40.6 Å². The van der Waals surface area contributed by atoms with Gasteiger partial charge in [-0.2, -0.15) is 0 Å². The fourth-order valence-corrected chi connectivity index (χ4v) is 2.49. The number of hydrogen-bond acceptors (Lipinski definition) is 4. The zero-order valence-electron chi connectivity index (χ0n) is 15.3. The number of ether oxygens (including phenoxy) is 3. The molecule has 0 amide bonds. The molecule has 0 N–H and O–H groups in total. The van der Waals surface area contributed by atoms with Crippen molar-refractivity contribution < 1.29 is 14.2 Å². The molecule has 1 aliphatic carbocycles.